The predicted molar refractivity (Wildman–Crippen MR) is 123 cm³/mol. The van der Waals surface area contributed by atoms with Crippen molar-refractivity contribution in [2.75, 3.05) is 27.2 Å². The topological polar surface area (TPSA) is 79.6 Å². The highest BCUT2D eigenvalue weighted by molar-refractivity contribution is 6.01. The average molecular weight is 461 g/mol. The molecule has 0 aliphatic rings. The second-order valence-electron chi connectivity index (χ2n) is 8.75. The van der Waals surface area contributed by atoms with Gasteiger partial charge in [-0.05, 0) is 57.2 Å². The van der Waals surface area contributed by atoms with Gasteiger partial charge in [0, 0.05) is 18.0 Å². The normalized spacial score (nSPS) is 12.5. The van der Waals surface area contributed by atoms with E-state index >= 15 is 0 Å². The number of aliphatic hydroxyl groups is 1. The molecule has 0 aliphatic heterocycles. The van der Waals surface area contributed by atoms with E-state index in [1.807, 2.05) is 19.0 Å². The van der Waals surface area contributed by atoms with Crippen LogP contribution in [0.25, 0.3) is 10.9 Å². The van der Waals surface area contributed by atoms with E-state index < -0.39 is 23.6 Å². The van der Waals surface area contributed by atoms with E-state index in [9.17, 15) is 18.7 Å². The molecule has 178 valence electrons. The summed E-state index contributed by atoms with van der Waals surface area (Å²) < 4.78 is 35.1. The lowest BCUT2D eigenvalue weighted by Gasteiger charge is -2.20. The number of halogens is 2. The zero-order valence-corrected chi connectivity index (χ0v) is 19.3. The quantitative estimate of drug-likeness (QED) is 0.481. The number of carbonyl (C=O) groups is 1. The molecule has 9 heteroatoms. The highest BCUT2D eigenvalue weighted by Crippen LogP contribution is 2.32. The number of fused-ring (bicyclic) bond motifs is 1. The van der Waals surface area contributed by atoms with Gasteiger partial charge in [0.15, 0.2) is 11.6 Å². The Labute approximate surface area is 192 Å². The third kappa shape index (κ3) is 6.27. The molecule has 3 aromatic rings. The summed E-state index contributed by atoms with van der Waals surface area (Å²) in [5.74, 6) is -1.83. The molecular formula is C24H30F2N4O3. The van der Waals surface area contributed by atoms with Gasteiger partial charge in [-0.1, -0.05) is 13.8 Å². The van der Waals surface area contributed by atoms with E-state index in [1.54, 1.807) is 23.0 Å². The Balaban J connectivity index is 2.00. The molecule has 1 aromatic heterocycles. The minimum absolute atomic E-state index is 0.110. The molecule has 33 heavy (non-hydrogen) atoms. The van der Waals surface area contributed by atoms with E-state index in [2.05, 4.69) is 24.3 Å². The maximum atomic E-state index is 14.3. The van der Waals surface area contributed by atoms with Gasteiger partial charge in [-0.25, -0.2) is 8.78 Å². The smallest absolute Gasteiger partial charge is 0.255 e. The Morgan fingerprint density at radius 3 is 2.61 bits per heavy atom. The zero-order chi connectivity index (χ0) is 24.1. The van der Waals surface area contributed by atoms with Crippen molar-refractivity contribution < 1.29 is 23.4 Å². The number of hydrogen-bond donors (Lipinski definition) is 2. The Morgan fingerprint density at radius 1 is 1.21 bits per heavy atom. The van der Waals surface area contributed by atoms with Gasteiger partial charge in [0.05, 0.1) is 29.9 Å². The van der Waals surface area contributed by atoms with Crippen molar-refractivity contribution in [3.8, 4) is 11.5 Å². The van der Waals surface area contributed by atoms with Crippen LogP contribution in [0.3, 0.4) is 0 Å². The maximum absolute atomic E-state index is 14.3. The number of amides is 1. The van der Waals surface area contributed by atoms with Crippen LogP contribution in [-0.2, 0) is 6.54 Å². The standard InChI is InChI=1S/C24H30F2N4O3/c1-15(2)13-30-21-11-19(24(32)28-18(14-31)7-8-29(3)4)23(9-16(21)12-27-30)33-22-6-5-17(25)10-20(22)26/h5-6,9-12,15,18,31H,7-8,13-14H2,1-4H3,(H,28,32). The van der Waals surface area contributed by atoms with Gasteiger partial charge in [-0.3, -0.25) is 9.48 Å². The summed E-state index contributed by atoms with van der Waals surface area (Å²) >= 11 is 0. The fourth-order valence-corrected chi connectivity index (χ4v) is 3.42. The van der Waals surface area contributed by atoms with Crippen molar-refractivity contribution in [2.45, 2.75) is 32.9 Å². The first-order valence-electron chi connectivity index (χ1n) is 10.9. The van der Waals surface area contributed by atoms with Crippen molar-refractivity contribution in [2.24, 2.45) is 5.92 Å². The van der Waals surface area contributed by atoms with E-state index in [1.165, 1.54) is 6.07 Å². The van der Waals surface area contributed by atoms with Crippen LogP contribution in [0, 0.1) is 17.6 Å². The molecule has 0 fully saturated rings. The number of aliphatic hydroxyl groups excluding tert-OH is 1. The van der Waals surface area contributed by atoms with Crippen LogP contribution in [0.5, 0.6) is 11.5 Å². The number of aromatic nitrogens is 2. The van der Waals surface area contributed by atoms with Gasteiger partial charge in [0.2, 0.25) is 0 Å². The van der Waals surface area contributed by atoms with Crippen LogP contribution in [0.4, 0.5) is 8.78 Å². The summed E-state index contributed by atoms with van der Waals surface area (Å²) in [5.41, 5.74) is 0.898. The van der Waals surface area contributed by atoms with E-state index in [4.69, 9.17) is 4.74 Å². The lowest BCUT2D eigenvalue weighted by Crippen LogP contribution is -2.39. The van der Waals surface area contributed by atoms with Crippen molar-refractivity contribution in [1.82, 2.24) is 20.0 Å². The maximum Gasteiger partial charge on any atom is 0.255 e. The van der Waals surface area contributed by atoms with Crippen molar-refractivity contribution >= 4 is 16.8 Å². The number of rotatable bonds is 10. The van der Waals surface area contributed by atoms with Crippen LogP contribution < -0.4 is 10.1 Å². The van der Waals surface area contributed by atoms with Crippen molar-refractivity contribution in [3.63, 3.8) is 0 Å². The number of nitrogens with one attached hydrogen (secondary N) is 1. The Hall–Kier alpha value is -3.04. The van der Waals surface area contributed by atoms with Gasteiger partial charge in [0.1, 0.15) is 11.6 Å². The van der Waals surface area contributed by atoms with Crippen LogP contribution in [0.1, 0.15) is 30.6 Å². The zero-order valence-electron chi connectivity index (χ0n) is 19.3. The molecule has 1 atom stereocenters. The van der Waals surface area contributed by atoms with E-state index in [-0.39, 0.29) is 23.7 Å². The van der Waals surface area contributed by atoms with E-state index in [0.29, 0.717) is 25.4 Å². The molecule has 1 unspecified atom stereocenters. The molecule has 0 spiro atoms. The highest BCUT2D eigenvalue weighted by Gasteiger charge is 2.21. The van der Waals surface area contributed by atoms with Crippen LogP contribution in [-0.4, -0.2) is 59.0 Å². The molecule has 1 amide bonds. The van der Waals surface area contributed by atoms with Gasteiger partial charge in [-0.15, -0.1) is 0 Å². The first-order chi connectivity index (χ1) is 15.7. The Kier molecular flexibility index (Phi) is 7.99. The summed E-state index contributed by atoms with van der Waals surface area (Å²) in [6, 6.07) is 5.78. The van der Waals surface area contributed by atoms with E-state index in [0.717, 1.165) is 23.0 Å². The first-order valence-corrected chi connectivity index (χ1v) is 10.9. The molecule has 0 saturated carbocycles. The SMILES string of the molecule is CC(C)Cn1ncc2cc(Oc3ccc(F)cc3F)c(C(=O)NC(CO)CCN(C)C)cc21. The second kappa shape index (κ2) is 10.7. The van der Waals surface area contributed by atoms with Crippen LogP contribution >= 0.6 is 0 Å². The molecule has 0 radical (unpaired) electrons. The molecule has 2 N–H and O–H groups in total. The molecule has 2 aromatic carbocycles. The minimum atomic E-state index is -0.879. The third-order valence-corrected chi connectivity index (χ3v) is 5.12. The first kappa shape index (κ1) is 24.6. The molecule has 0 bridgehead atoms. The molecule has 7 nitrogen and oxygen atoms in total. The van der Waals surface area contributed by atoms with Crippen LogP contribution in [0.2, 0.25) is 0 Å². The average Bonchev–Trinajstić information content (AvgIpc) is 3.13. The second-order valence-corrected chi connectivity index (χ2v) is 8.75. The molecule has 0 saturated heterocycles. The Morgan fingerprint density at radius 2 is 1.97 bits per heavy atom. The molecule has 0 aliphatic carbocycles. The summed E-state index contributed by atoms with van der Waals surface area (Å²) in [7, 11) is 3.81. The monoisotopic (exact) mass is 460 g/mol. The number of benzene rings is 2. The molecule has 3 rings (SSSR count). The molecule has 1 heterocycles. The predicted octanol–water partition coefficient (Wildman–Crippen LogP) is 3.81. The number of carbonyl (C=O) groups excluding carboxylic acids is 1. The van der Waals surface area contributed by atoms with Crippen molar-refractivity contribution in [1.29, 1.82) is 0 Å². The summed E-state index contributed by atoms with van der Waals surface area (Å²) in [5, 5.41) is 17.7. The van der Waals surface area contributed by atoms with Crippen molar-refractivity contribution in [3.05, 3.63) is 53.7 Å². The fourth-order valence-electron chi connectivity index (χ4n) is 3.42. The Bertz CT molecular complexity index is 1110. The largest absolute Gasteiger partial charge is 0.453 e. The lowest BCUT2D eigenvalue weighted by atomic mass is 10.1. The lowest BCUT2D eigenvalue weighted by molar-refractivity contribution is 0.0907. The number of nitrogens with zero attached hydrogens (tertiary/aromatic N) is 3. The van der Waals surface area contributed by atoms with Gasteiger partial charge >= 0.3 is 0 Å². The third-order valence-electron chi connectivity index (χ3n) is 5.12. The minimum Gasteiger partial charge on any atom is -0.453 e. The van der Waals surface area contributed by atoms with Gasteiger partial charge < -0.3 is 20.1 Å². The fraction of sp³-hybridized carbons (Fsp3) is 0.417. The summed E-state index contributed by atoms with van der Waals surface area (Å²) in [6.07, 6.45) is 2.20. The number of hydrogen-bond acceptors (Lipinski definition) is 5. The molecular weight excluding hydrogens is 430 g/mol. The van der Waals surface area contributed by atoms with Gasteiger partial charge in [-0.2, -0.15) is 5.10 Å². The summed E-state index contributed by atoms with van der Waals surface area (Å²) in [4.78, 5) is 15.2. The number of ether oxygens (including phenoxy) is 1. The highest BCUT2D eigenvalue weighted by atomic mass is 19.1. The summed E-state index contributed by atoms with van der Waals surface area (Å²) in [6.45, 7) is 5.23. The van der Waals surface area contributed by atoms with Gasteiger partial charge in [0.25, 0.3) is 5.91 Å². The van der Waals surface area contributed by atoms with Crippen LogP contribution in [0.15, 0.2) is 36.5 Å².